The van der Waals surface area contributed by atoms with E-state index in [1.54, 1.807) is 28.4 Å². The summed E-state index contributed by atoms with van der Waals surface area (Å²) in [5.41, 5.74) is 0. The molecule has 0 saturated heterocycles. The van der Waals surface area contributed by atoms with Crippen LogP contribution in [0.4, 0.5) is 0 Å². The quantitative estimate of drug-likeness (QED) is 0.587. The van der Waals surface area contributed by atoms with Crippen LogP contribution in [0.5, 0.6) is 23.0 Å². The average molecular weight is 382 g/mol. The van der Waals surface area contributed by atoms with Gasteiger partial charge < -0.3 is 18.9 Å². The van der Waals surface area contributed by atoms with Crippen molar-refractivity contribution < 1.29 is 18.9 Å². The van der Waals surface area contributed by atoms with E-state index >= 15 is 0 Å². The van der Waals surface area contributed by atoms with E-state index < -0.39 is 7.92 Å². The van der Waals surface area contributed by atoms with Crippen molar-refractivity contribution in [2.45, 2.75) is 0 Å². The molecule has 0 unspecified atom stereocenters. The van der Waals surface area contributed by atoms with Crippen molar-refractivity contribution in [3.8, 4) is 23.0 Å². The van der Waals surface area contributed by atoms with Gasteiger partial charge in [-0.3, -0.25) is 0 Å². The third-order valence-corrected chi connectivity index (χ3v) is 6.80. The number of benzene rings is 3. The van der Waals surface area contributed by atoms with Crippen molar-refractivity contribution in [1.29, 1.82) is 0 Å². The maximum atomic E-state index is 5.69. The van der Waals surface area contributed by atoms with Crippen molar-refractivity contribution in [2.24, 2.45) is 0 Å². The Labute approximate surface area is 161 Å². The Balaban J connectivity index is 2.20. The summed E-state index contributed by atoms with van der Waals surface area (Å²) in [7, 11) is 5.82. The van der Waals surface area contributed by atoms with E-state index in [9.17, 15) is 0 Å². The lowest BCUT2D eigenvalue weighted by Crippen LogP contribution is -2.23. The zero-order chi connectivity index (χ0) is 19.2. The van der Waals surface area contributed by atoms with Crippen molar-refractivity contribution >= 4 is 23.8 Å². The van der Waals surface area contributed by atoms with Gasteiger partial charge in [0.05, 0.1) is 33.7 Å². The van der Waals surface area contributed by atoms with Gasteiger partial charge in [-0.2, -0.15) is 0 Å². The predicted molar refractivity (Wildman–Crippen MR) is 111 cm³/mol. The summed E-state index contributed by atoms with van der Waals surface area (Å²) in [6.45, 7) is 0. The minimum Gasteiger partial charge on any atom is -0.497 e. The smallest absolute Gasteiger partial charge is 0.130 e. The van der Waals surface area contributed by atoms with Crippen molar-refractivity contribution in [3.63, 3.8) is 0 Å². The fraction of sp³-hybridized carbons (Fsp3) is 0.182. The summed E-state index contributed by atoms with van der Waals surface area (Å²) in [6.07, 6.45) is 0. The van der Waals surface area contributed by atoms with E-state index in [1.807, 2.05) is 42.5 Å². The first-order valence-electron chi connectivity index (χ1n) is 8.51. The van der Waals surface area contributed by atoms with Crippen molar-refractivity contribution in [1.82, 2.24) is 0 Å². The van der Waals surface area contributed by atoms with Gasteiger partial charge in [0.2, 0.25) is 0 Å². The average Bonchev–Trinajstić information content (AvgIpc) is 2.75. The molecular weight excluding hydrogens is 359 g/mol. The van der Waals surface area contributed by atoms with E-state index in [0.717, 1.165) is 28.3 Å². The van der Waals surface area contributed by atoms with Gasteiger partial charge in [-0.15, -0.1) is 0 Å². The van der Waals surface area contributed by atoms with Gasteiger partial charge in [0.15, 0.2) is 0 Å². The molecule has 0 N–H and O–H groups in total. The van der Waals surface area contributed by atoms with Crippen LogP contribution in [0.25, 0.3) is 0 Å². The molecule has 3 aromatic carbocycles. The molecule has 27 heavy (non-hydrogen) atoms. The lowest BCUT2D eigenvalue weighted by molar-refractivity contribution is 0.401. The van der Waals surface area contributed by atoms with Gasteiger partial charge in [-0.25, -0.2) is 0 Å². The lowest BCUT2D eigenvalue weighted by Gasteiger charge is -2.24. The van der Waals surface area contributed by atoms with E-state index in [2.05, 4.69) is 24.3 Å². The highest BCUT2D eigenvalue weighted by atomic mass is 31.1. The van der Waals surface area contributed by atoms with Crippen LogP contribution in [-0.2, 0) is 0 Å². The monoisotopic (exact) mass is 382 g/mol. The van der Waals surface area contributed by atoms with Gasteiger partial charge in [-0.05, 0) is 54.9 Å². The maximum absolute atomic E-state index is 5.69. The second-order valence-electron chi connectivity index (χ2n) is 5.74. The molecule has 0 saturated carbocycles. The molecule has 0 spiro atoms. The maximum Gasteiger partial charge on any atom is 0.130 e. The molecule has 0 aliphatic heterocycles. The second-order valence-corrected chi connectivity index (χ2v) is 7.89. The molecule has 0 fully saturated rings. The van der Waals surface area contributed by atoms with Crippen molar-refractivity contribution in [2.75, 3.05) is 28.4 Å². The summed E-state index contributed by atoms with van der Waals surface area (Å²) in [4.78, 5) is 0. The predicted octanol–water partition coefficient (Wildman–Crippen LogP) is 3.48. The van der Waals surface area contributed by atoms with Crippen LogP contribution in [0.2, 0.25) is 0 Å². The van der Waals surface area contributed by atoms with E-state index in [4.69, 9.17) is 18.9 Å². The van der Waals surface area contributed by atoms with Gasteiger partial charge >= 0.3 is 0 Å². The Kier molecular flexibility index (Phi) is 6.20. The van der Waals surface area contributed by atoms with Crippen LogP contribution in [0.15, 0.2) is 66.7 Å². The van der Waals surface area contributed by atoms with Crippen molar-refractivity contribution in [3.05, 3.63) is 66.7 Å². The molecule has 0 aromatic heterocycles. The highest BCUT2D eigenvalue weighted by Gasteiger charge is 2.24. The third-order valence-electron chi connectivity index (χ3n) is 4.29. The Morgan fingerprint density at radius 2 is 0.926 bits per heavy atom. The lowest BCUT2D eigenvalue weighted by atomic mass is 10.3. The second kappa shape index (κ2) is 8.79. The normalized spacial score (nSPS) is 10.6. The number of ether oxygens (including phenoxy) is 4. The minimum atomic E-state index is -0.895. The zero-order valence-corrected chi connectivity index (χ0v) is 16.8. The summed E-state index contributed by atoms with van der Waals surface area (Å²) < 4.78 is 22.0. The standard InChI is InChI=1S/C22H23O4P/c1-23-16-8-12-18(13-9-16)27(19-14-10-17(24-2)11-15-19)22-20(25-3)6-5-7-21(22)26-4/h5-15H,1-4H3. The Morgan fingerprint density at radius 1 is 0.519 bits per heavy atom. The third kappa shape index (κ3) is 4.01. The summed E-state index contributed by atoms with van der Waals surface area (Å²) >= 11 is 0. The first kappa shape index (κ1) is 19.1. The molecule has 0 heterocycles. The molecule has 0 aliphatic rings. The van der Waals surface area contributed by atoms with Crippen LogP contribution in [-0.4, -0.2) is 28.4 Å². The highest BCUT2D eigenvalue weighted by Crippen LogP contribution is 2.41. The number of hydrogen-bond donors (Lipinski definition) is 0. The largest absolute Gasteiger partial charge is 0.497 e. The Morgan fingerprint density at radius 3 is 1.26 bits per heavy atom. The van der Waals surface area contributed by atoms with Crippen LogP contribution in [0.1, 0.15) is 0 Å². The fourth-order valence-corrected chi connectivity index (χ4v) is 5.40. The Bertz CT molecular complexity index is 806. The highest BCUT2D eigenvalue weighted by molar-refractivity contribution is 7.80. The summed E-state index contributed by atoms with van der Waals surface area (Å²) in [5, 5.41) is 3.41. The summed E-state index contributed by atoms with van der Waals surface area (Å²) in [5.74, 6) is 3.28. The van der Waals surface area contributed by atoms with Gasteiger partial charge in [0.1, 0.15) is 23.0 Å². The molecule has 3 rings (SSSR count). The molecule has 0 radical (unpaired) electrons. The molecule has 4 nitrogen and oxygen atoms in total. The summed E-state index contributed by atoms with van der Waals surface area (Å²) in [6, 6.07) is 22.2. The molecular formula is C22H23O4P. The van der Waals surface area contributed by atoms with Crippen LogP contribution in [0, 0.1) is 0 Å². The number of hydrogen-bond acceptors (Lipinski definition) is 4. The zero-order valence-electron chi connectivity index (χ0n) is 15.9. The van der Waals surface area contributed by atoms with Gasteiger partial charge in [-0.1, -0.05) is 30.3 Å². The molecule has 0 atom stereocenters. The fourth-order valence-electron chi connectivity index (χ4n) is 2.92. The first-order chi connectivity index (χ1) is 13.2. The van der Waals surface area contributed by atoms with Gasteiger partial charge in [0, 0.05) is 0 Å². The molecule has 0 aliphatic carbocycles. The first-order valence-corrected chi connectivity index (χ1v) is 9.85. The topological polar surface area (TPSA) is 36.9 Å². The molecule has 140 valence electrons. The number of rotatable bonds is 7. The van der Waals surface area contributed by atoms with E-state index in [-0.39, 0.29) is 0 Å². The van der Waals surface area contributed by atoms with Gasteiger partial charge in [0.25, 0.3) is 0 Å². The van der Waals surface area contributed by atoms with Crippen LogP contribution in [0.3, 0.4) is 0 Å². The van der Waals surface area contributed by atoms with Crippen LogP contribution >= 0.6 is 7.92 Å². The van der Waals surface area contributed by atoms with Crippen LogP contribution < -0.4 is 34.9 Å². The Hall–Kier alpha value is -2.71. The molecule has 5 heteroatoms. The molecule has 0 bridgehead atoms. The minimum absolute atomic E-state index is 0.812. The number of methoxy groups -OCH3 is 4. The van der Waals surface area contributed by atoms with E-state index in [1.165, 1.54) is 10.6 Å². The molecule has 0 amide bonds. The molecule has 3 aromatic rings. The SMILES string of the molecule is COc1ccc(P(c2ccc(OC)cc2)c2c(OC)cccc2OC)cc1. The van der Waals surface area contributed by atoms with E-state index in [0.29, 0.717) is 0 Å².